The molecule has 0 spiro atoms. The van der Waals surface area contributed by atoms with Gasteiger partial charge in [-0.3, -0.25) is 4.79 Å². The second-order valence-electron chi connectivity index (χ2n) is 3.81. The predicted molar refractivity (Wildman–Crippen MR) is 62.0 cm³/mol. The number of hydrogen-bond acceptors (Lipinski definition) is 3. The fraction of sp³-hybridized carbons (Fsp3) is 0.455. The first-order valence-electron chi connectivity index (χ1n) is 5.12. The number of thiazole rings is 1. The van der Waals surface area contributed by atoms with Crippen molar-refractivity contribution >= 4 is 22.4 Å². The Morgan fingerprint density at radius 2 is 2.60 bits per heavy atom. The molecule has 0 radical (unpaired) electrons. The molecule has 0 aromatic carbocycles. The molecule has 1 atom stereocenters. The molecule has 1 N–H and O–H groups in total. The van der Waals surface area contributed by atoms with E-state index in [1.54, 1.807) is 0 Å². The lowest BCUT2D eigenvalue weighted by Gasteiger charge is -2.06. The van der Waals surface area contributed by atoms with Crippen LogP contribution in [0.15, 0.2) is 17.5 Å². The van der Waals surface area contributed by atoms with Crippen LogP contribution in [0.1, 0.15) is 25.0 Å². The second kappa shape index (κ2) is 4.57. The first-order chi connectivity index (χ1) is 7.24. The van der Waals surface area contributed by atoms with Crippen molar-refractivity contribution < 1.29 is 4.79 Å². The zero-order valence-electron chi connectivity index (χ0n) is 8.69. The van der Waals surface area contributed by atoms with Crippen LogP contribution in [0.2, 0.25) is 0 Å². The zero-order chi connectivity index (χ0) is 10.7. The molecule has 3 nitrogen and oxygen atoms in total. The summed E-state index contributed by atoms with van der Waals surface area (Å²) in [5, 5.41) is 5.47. The van der Waals surface area contributed by atoms with E-state index in [9.17, 15) is 4.79 Å². The summed E-state index contributed by atoms with van der Waals surface area (Å²) < 4.78 is 0. The van der Waals surface area contributed by atoms with Crippen LogP contribution < -0.4 is 5.32 Å². The maximum atomic E-state index is 11.6. The largest absolute Gasteiger partial charge is 0.302 e. The molecule has 15 heavy (non-hydrogen) atoms. The highest BCUT2D eigenvalue weighted by Crippen LogP contribution is 2.21. The van der Waals surface area contributed by atoms with E-state index in [-0.39, 0.29) is 5.91 Å². The van der Waals surface area contributed by atoms with Gasteiger partial charge >= 0.3 is 0 Å². The van der Waals surface area contributed by atoms with E-state index < -0.39 is 0 Å². The molecule has 0 bridgehead atoms. The molecule has 1 amide bonds. The van der Waals surface area contributed by atoms with Crippen LogP contribution in [0, 0.1) is 12.8 Å². The highest BCUT2D eigenvalue weighted by Gasteiger charge is 2.14. The summed E-state index contributed by atoms with van der Waals surface area (Å²) in [6, 6.07) is 0. The molecule has 2 rings (SSSR count). The summed E-state index contributed by atoms with van der Waals surface area (Å²) in [5.41, 5.74) is 0.955. The third-order valence-electron chi connectivity index (χ3n) is 2.43. The van der Waals surface area contributed by atoms with Crippen molar-refractivity contribution in [2.45, 2.75) is 26.2 Å². The molecule has 1 aromatic heterocycles. The van der Waals surface area contributed by atoms with Crippen molar-refractivity contribution in [1.82, 2.24) is 4.98 Å². The van der Waals surface area contributed by atoms with Crippen LogP contribution >= 0.6 is 11.3 Å². The average molecular weight is 222 g/mol. The van der Waals surface area contributed by atoms with Crippen LogP contribution in [-0.4, -0.2) is 10.9 Å². The highest BCUT2D eigenvalue weighted by atomic mass is 32.1. The van der Waals surface area contributed by atoms with Gasteiger partial charge in [0.15, 0.2) is 5.13 Å². The van der Waals surface area contributed by atoms with E-state index in [1.807, 2.05) is 12.3 Å². The number of aryl methyl sites for hydroxylation is 1. The minimum absolute atomic E-state index is 0.0703. The first-order valence-corrected chi connectivity index (χ1v) is 6.00. The summed E-state index contributed by atoms with van der Waals surface area (Å²) in [5.74, 6) is 0.493. The Morgan fingerprint density at radius 1 is 1.73 bits per heavy atom. The van der Waals surface area contributed by atoms with Gasteiger partial charge in [-0.1, -0.05) is 12.2 Å². The van der Waals surface area contributed by atoms with Gasteiger partial charge in [-0.25, -0.2) is 4.98 Å². The van der Waals surface area contributed by atoms with Gasteiger partial charge in [0.05, 0.1) is 5.69 Å². The third-order valence-corrected chi connectivity index (χ3v) is 3.30. The Bertz CT molecular complexity index is 384. The Labute approximate surface area is 93.2 Å². The van der Waals surface area contributed by atoms with Gasteiger partial charge in [-0.15, -0.1) is 11.3 Å². The number of amides is 1. The first kappa shape index (κ1) is 10.4. The minimum atomic E-state index is 0.0703. The second-order valence-corrected chi connectivity index (χ2v) is 4.67. The van der Waals surface area contributed by atoms with E-state index in [0.29, 0.717) is 17.5 Å². The Hall–Kier alpha value is -1.16. The Kier molecular flexibility index (Phi) is 3.16. The SMILES string of the molecule is Cc1csc(NC(=O)C[C@@H]2C=CCC2)n1. The van der Waals surface area contributed by atoms with E-state index >= 15 is 0 Å². The maximum Gasteiger partial charge on any atom is 0.226 e. The number of aromatic nitrogens is 1. The summed E-state index contributed by atoms with van der Waals surface area (Å²) in [6.07, 6.45) is 7.06. The Balaban J connectivity index is 1.84. The molecule has 1 aliphatic rings. The van der Waals surface area contributed by atoms with Gasteiger partial charge < -0.3 is 5.32 Å². The van der Waals surface area contributed by atoms with Crippen LogP contribution in [0.25, 0.3) is 0 Å². The number of rotatable bonds is 3. The van der Waals surface area contributed by atoms with E-state index in [4.69, 9.17) is 0 Å². The molecule has 0 fully saturated rings. The summed E-state index contributed by atoms with van der Waals surface area (Å²) >= 11 is 1.47. The molecular weight excluding hydrogens is 208 g/mol. The number of allylic oxidation sites excluding steroid dienone is 2. The Morgan fingerprint density at radius 3 is 3.20 bits per heavy atom. The summed E-state index contributed by atoms with van der Waals surface area (Å²) in [4.78, 5) is 15.8. The van der Waals surface area contributed by atoms with Gasteiger partial charge in [0.25, 0.3) is 0 Å². The van der Waals surface area contributed by atoms with Crippen molar-refractivity contribution in [3.63, 3.8) is 0 Å². The van der Waals surface area contributed by atoms with Crippen molar-refractivity contribution in [3.8, 4) is 0 Å². The third kappa shape index (κ3) is 2.89. The molecule has 4 heteroatoms. The number of anilines is 1. The predicted octanol–water partition coefficient (Wildman–Crippen LogP) is 2.75. The molecule has 0 saturated carbocycles. The fourth-order valence-corrected chi connectivity index (χ4v) is 2.39. The van der Waals surface area contributed by atoms with Crippen LogP contribution in [0.3, 0.4) is 0 Å². The van der Waals surface area contributed by atoms with Crippen LogP contribution in [-0.2, 0) is 4.79 Å². The normalized spacial score (nSPS) is 19.4. The van der Waals surface area contributed by atoms with Crippen molar-refractivity contribution in [2.24, 2.45) is 5.92 Å². The van der Waals surface area contributed by atoms with E-state index in [1.165, 1.54) is 11.3 Å². The molecule has 80 valence electrons. The monoisotopic (exact) mass is 222 g/mol. The van der Waals surface area contributed by atoms with Crippen LogP contribution in [0.4, 0.5) is 5.13 Å². The van der Waals surface area contributed by atoms with Crippen LogP contribution in [0.5, 0.6) is 0 Å². The maximum absolute atomic E-state index is 11.6. The lowest BCUT2D eigenvalue weighted by molar-refractivity contribution is -0.116. The number of nitrogens with zero attached hydrogens (tertiary/aromatic N) is 1. The van der Waals surface area contributed by atoms with E-state index in [0.717, 1.165) is 18.5 Å². The summed E-state index contributed by atoms with van der Waals surface area (Å²) in [6.45, 7) is 1.92. The van der Waals surface area contributed by atoms with Crippen molar-refractivity contribution in [3.05, 3.63) is 23.2 Å². The molecule has 1 aliphatic carbocycles. The fourth-order valence-electron chi connectivity index (χ4n) is 1.69. The standard InChI is InChI=1S/C11H14N2OS/c1-8-7-15-11(12-8)13-10(14)6-9-4-2-3-5-9/h2,4,7,9H,3,5-6H2,1H3,(H,12,13,14)/t9-/m1/s1. The lowest BCUT2D eigenvalue weighted by Crippen LogP contribution is -2.14. The van der Waals surface area contributed by atoms with E-state index in [2.05, 4.69) is 22.5 Å². The minimum Gasteiger partial charge on any atom is -0.302 e. The molecule has 0 aliphatic heterocycles. The number of hydrogen-bond donors (Lipinski definition) is 1. The van der Waals surface area contributed by atoms with Gasteiger partial charge in [0, 0.05) is 11.8 Å². The van der Waals surface area contributed by atoms with Crippen molar-refractivity contribution in [2.75, 3.05) is 5.32 Å². The number of nitrogens with one attached hydrogen (secondary N) is 1. The van der Waals surface area contributed by atoms with Gasteiger partial charge in [0.2, 0.25) is 5.91 Å². The molecule has 1 heterocycles. The van der Waals surface area contributed by atoms with Gasteiger partial charge in [0.1, 0.15) is 0 Å². The molecular formula is C11H14N2OS. The zero-order valence-corrected chi connectivity index (χ0v) is 9.51. The molecule has 0 saturated heterocycles. The average Bonchev–Trinajstić information content (AvgIpc) is 2.77. The smallest absolute Gasteiger partial charge is 0.226 e. The molecule has 1 aromatic rings. The van der Waals surface area contributed by atoms with Crippen molar-refractivity contribution in [1.29, 1.82) is 0 Å². The number of carbonyl (C=O) groups is 1. The quantitative estimate of drug-likeness (QED) is 0.799. The van der Waals surface area contributed by atoms with Gasteiger partial charge in [-0.05, 0) is 25.7 Å². The van der Waals surface area contributed by atoms with Gasteiger partial charge in [-0.2, -0.15) is 0 Å². The topological polar surface area (TPSA) is 42.0 Å². The highest BCUT2D eigenvalue weighted by molar-refractivity contribution is 7.13. The number of carbonyl (C=O) groups excluding carboxylic acids is 1. The molecule has 0 unspecified atom stereocenters. The summed E-state index contributed by atoms with van der Waals surface area (Å²) in [7, 11) is 0. The lowest BCUT2D eigenvalue weighted by atomic mass is 10.1.